The molecule has 2 aliphatic rings. The van der Waals surface area contributed by atoms with Gasteiger partial charge < -0.3 is 20.1 Å². The molecule has 180 valence electrons. The van der Waals surface area contributed by atoms with Gasteiger partial charge in [0.25, 0.3) is 0 Å². The predicted octanol–water partition coefficient (Wildman–Crippen LogP) is 4.26. The number of carbonyl (C=O) groups excluding carboxylic acids is 2. The molecule has 7 heteroatoms. The minimum absolute atomic E-state index is 0.0814. The SMILES string of the molecule is CC(C)[C@H](NC(=O)OCC1c2ccccc2-c2ccccc21)C(=O)N1CCC(C)(C)C1C(=O)O. The van der Waals surface area contributed by atoms with E-state index < -0.39 is 29.6 Å². The summed E-state index contributed by atoms with van der Waals surface area (Å²) < 4.78 is 5.61. The maximum atomic E-state index is 13.3. The molecule has 2 aromatic rings. The van der Waals surface area contributed by atoms with E-state index in [1.165, 1.54) is 4.90 Å². The van der Waals surface area contributed by atoms with E-state index in [1.54, 1.807) is 0 Å². The van der Waals surface area contributed by atoms with Gasteiger partial charge in [0.15, 0.2) is 0 Å². The van der Waals surface area contributed by atoms with Gasteiger partial charge in [0.05, 0.1) is 0 Å². The predicted molar refractivity (Wildman–Crippen MR) is 128 cm³/mol. The average molecular weight is 465 g/mol. The molecule has 1 saturated heterocycles. The number of ether oxygens (including phenoxy) is 1. The summed E-state index contributed by atoms with van der Waals surface area (Å²) in [5, 5.41) is 12.4. The fourth-order valence-corrected chi connectivity index (χ4v) is 5.26. The smallest absolute Gasteiger partial charge is 0.407 e. The van der Waals surface area contributed by atoms with Crippen molar-refractivity contribution in [3.8, 4) is 11.1 Å². The van der Waals surface area contributed by atoms with E-state index in [4.69, 9.17) is 4.74 Å². The molecule has 0 aromatic heterocycles. The number of alkyl carbamates (subject to hydrolysis) is 1. The highest BCUT2D eigenvalue weighted by atomic mass is 16.5. The lowest BCUT2D eigenvalue weighted by molar-refractivity contribution is -0.152. The molecule has 34 heavy (non-hydrogen) atoms. The van der Waals surface area contributed by atoms with E-state index in [-0.39, 0.29) is 24.3 Å². The van der Waals surface area contributed by atoms with Crippen molar-refractivity contribution in [1.29, 1.82) is 0 Å². The molecule has 1 unspecified atom stereocenters. The number of hydrogen-bond donors (Lipinski definition) is 2. The molecular formula is C27H32N2O5. The lowest BCUT2D eigenvalue weighted by Gasteiger charge is -2.32. The van der Waals surface area contributed by atoms with Crippen LogP contribution < -0.4 is 5.32 Å². The molecule has 1 aliphatic carbocycles. The van der Waals surface area contributed by atoms with Gasteiger partial charge in [-0.15, -0.1) is 0 Å². The van der Waals surface area contributed by atoms with Crippen LogP contribution in [-0.2, 0) is 14.3 Å². The quantitative estimate of drug-likeness (QED) is 0.666. The first kappa shape index (κ1) is 23.8. The van der Waals surface area contributed by atoms with Crippen LogP contribution in [0.15, 0.2) is 48.5 Å². The zero-order chi connectivity index (χ0) is 24.6. The third-order valence-electron chi connectivity index (χ3n) is 7.12. The highest BCUT2D eigenvalue weighted by Crippen LogP contribution is 2.44. The topological polar surface area (TPSA) is 95.9 Å². The summed E-state index contributed by atoms with van der Waals surface area (Å²) >= 11 is 0. The molecule has 0 radical (unpaired) electrons. The molecule has 1 aliphatic heterocycles. The van der Waals surface area contributed by atoms with Crippen LogP contribution in [-0.4, -0.2) is 53.2 Å². The maximum absolute atomic E-state index is 13.3. The minimum atomic E-state index is -1.03. The third-order valence-corrected chi connectivity index (χ3v) is 7.12. The molecule has 2 amide bonds. The van der Waals surface area contributed by atoms with Gasteiger partial charge >= 0.3 is 12.1 Å². The van der Waals surface area contributed by atoms with Crippen molar-refractivity contribution in [3.05, 3.63) is 59.7 Å². The van der Waals surface area contributed by atoms with E-state index in [2.05, 4.69) is 17.4 Å². The lowest BCUT2D eigenvalue weighted by Crippen LogP contribution is -2.55. The number of aliphatic carboxylic acids is 1. The molecule has 0 saturated carbocycles. The number of rotatable bonds is 6. The molecule has 1 fully saturated rings. The van der Waals surface area contributed by atoms with Crippen LogP contribution in [0.5, 0.6) is 0 Å². The Morgan fingerprint density at radius 3 is 2.15 bits per heavy atom. The molecule has 4 rings (SSSR count). The summed E-state index contributed by atoms with van der Waals surface area (Å²) in [5.41, 5.74) is 3.96. The van der Waals surface area contributed by atoms with Crippen molar-refractivity contribution in [2.75, 3.05) is 13.2 Å². The van der Waals surface area contributed by atoms with Gasteiger partial charge in [0, 0.05) is 12.5 Å². The number of benzene rings is 2. The first-order valence-electron chi connectivity index (χ1n) is 11.8. The summed E-state index contributed by atoms with van der Waals surface area (Å²) in [6.07, 6.45) is -0.0925. The summed E-state index contributed by atoms with van der Waals surface area (Å²) in [5.74, 6) is -1.73. The van der Waals surface area contributed by atoms with Crippen molar-refractivity contribution in [1.82, 2.24) is 10.2 Å². The third kappa shape index (κ3) is 4.27. The Hall–Kier alpha value is -3.35. The fraction of sp³-hybridized carbons (Fsp3) is 0.444. The molecule has 0 spiro atoms. The normalized spacial score (nSPS) is 19.4. The average Bonchev–Trinajstić information content (AvgIpc) is 3.29. The number of carboxylic acid groups (broad SMARTS) is 1. The van der Waals surface area contributed by atoms with Crippen LogP contribution in [0.2, 0.25) is 0 Å². The minimum Gasteiger partial charge on any atom is -0.480 e. The highest BCUT2D eigenvalue weighted by Gasteiger charge is 2.49. The van der Waals surface area contributed by atoms with Gasteiger partial charge in [-0.25, -0.2) is 9.59 Å². The molecule has 2 N–H and O–H groups in total. The number of fused-ring (bicyclic) bond motifs is 3. The highest BCUT2D eigenvalue weighted by molar-refractivity contribution is 5.90. The Bertz CT molecular complexity index is 1060. The molecule has 1 heterocycles. The Kier molecular flexibility index (Phi) is 6.39. The fourth-order valence-electron chi connectivity index (χ4n) is 5.26. The number of nitrogens with one attached hydrogen (secondary N) is 1. The van der Waals surface area contributed by atoms with Gasteiger partial charge in [-0.1, -0.05) is 76.2 Å². The Balaban J connectivity index is 1.46. The number of likely N-dealkylation sites (tertiary alicyclic amines) is 1. The summed E-state index contributed by atoms with van der Waals surface area (Å²) in [7, 11) is 0. The number of hydrogen-bond acceptors (Lipinski definition) is 4. The summed E-state index contributed by atoms with van der Waals surface area (Å²) in [6.45, 7) is 7.84. The van der Waals surface area contributed by atoms with Crippen molar-refractivity contribution in [2.24, 2.45) is 11.3 Å². The Morgan fingerprint density at radius 2 is 1.62 bits per heavy atom. The summed E-state index contributed by atoms with van der Waals surface area (Å²) in [4.78, 5) is 39.4. The van der Waals surface area contributed by atoms with E-state index in [0.717, 1.165) is 22.3 Å². The van der Waals surface area contributed by atoms with Crippen LogP contribution in [0.4, 0.5) is 4.79 Å². The van der Waals surface area contributed by atoms with Crippen molar-refractivity contribution in [3.63, 3.8) is 0 Å². The first-order chi connectivity index (χ1) is 16.1. The molecular weight excluding hydrogens is 432 g/mol. The summed E-state index contributed by atoms with van der Waals surface area (Å²) in [6, 6.07) is 14.4. The molecule has 7 nitrogen and oxygen atoms in total. The van der Waals surface area contributed by atoms with E-state index >= 15 is 0 Å². The van der Waals surface area contributed by atoms with E-state index in [1.807, 2.05) is 64.1 Å². The zero-order valence-corrected chi connectivity index (χ0v) is 20.1. The molecule has 0 bridgehead atoms. The first-order valence-corrected chi connectivity index (χ1v) is 11.8. The number of amides is 2. The Morgan fingerprint density at radius 1 is 1.06 bits per heavy atom. The standard InChI is InChI=1S/C27H32N2O5/c1-16(2)22(24(30)29-14-13-27(3,4)23(29)25(31)32)28-26(33)34-15-21-19-11-7-5-9-17(19)18-10-6-8-12-20(18)21/h5-12,16,21-23H,13-15H2,1-4H3,(H,28,33)(H,31,32)/t22-,23?/m0/s1. The van der Waals surface area contributed by atoms with Crippen molar-refractivity contribution >= 4 is 18.0 Å². The van der Waals surface area contributed by atoms with Gasteiger partial charge in [0.2, 0.25) is 5.91 Å². The van der Waals surface area contributed by atoms with Crippen LogP contribution >= 0.6 is 0 Å². The largest absolute Gasteiger partial charge is 0.480 e. The van der Waals surface area contributed by atoms with Gasteiger partial charge in [0.1, 0.15) is 18.7 Å². The maximum Gasteiger partial charge on any atom is 0.407 e. The molecule has 2 atom stereocenters. The van der Waals surface area contributed by atoms with Crippen LogP contribution in [0.25, 0.3) is 11.1 Å². The van der Waals surface area contributed by atoms with Crippen LogP contribution in [0.3, 0.4) is 0 Å². The lowest BCUT2D eigenvalue weighted by atomic mass is 9.84. The second-order valence-electron chi connectivity index (χ2n) is 10.2. The van der Waals surface area contributed by atoms with Gasteiger partial charge in [-0.05, 0) is 40.0 Å². The van der Waals surface area contributed by atoms with Crippen molar-refractivity contribution < 1.29 is 24.2 Å². The van der Waals surface area contributed by atoms with Crippen LogP contribution in [0, 0.1) is 11.3 Å². The molecule has 2 aromatic carbocycles. The second kappa shape index (κ2) is 9.12. The number of nitrogens with zero attached hydrogens (tertiary/aromatic N) is 1. The van der Waals surface area contributed by atoms with Crippen LogP contribution in [0.1, 0.15) is 51.2 Å². The van der Waals surface area contributed by atoms with Gasteiger partial charge in [-0.3, -0.25) is 4.79 Å². The number of carbonyl (C=O) groups is 3. The zero-order valence-electron chi connectivity index (χ0n) is 20.1. The number of carboxylic acids is 1. The van der Waals surface area contributed by atoms with E-state index in [0.29, 0.717) is 13.0 Å². The second-order valence-corrected chi connectivity index (χ2v) is 10.2. The van der Waals surface area contributed by atoms with Gasteiger partial charge in [-0.2, -0.15) is 0 Å². The van der Waals surface area contributed by atoms with E-state index in [9.17, 15) is 19.5 Å². The Labute approximate surface area is 200 Å². The monoisotopic (exact) mass is 464 g/mol. The van der Waals surface area contributed by atoms with Crippen molar-refractivity contribution in [2.45, 2.75) is 52.1 Å².